The van der Waals surface area contributed by atoms with Crippen molar-refractivity contribution in [1.29, 1.82) is 0 Å². The number of benzene rings is 2. The first-order valence-corrected chi connectivity index (χ1v) is 8.59. The second kappa shape index (κ2) is 6.63. The van der Waals surface area contributed by atoms with E-state index in [-0.39, 0.29) is 17.4 Å². The third-order valence-electron chi connectivity index (χ3n) is 4.77. The summed E-state index contributed by atoms with van der Waals surface area (Å²) < 4.78 is 32.0. The van der Waals surface area contributed by atoms with Gasteiger partial charge in [0, 0.05) is 0 Å². The molecule has 0 N–H and O–H groups in total. The maximum atomic E-state index is 14.5. The lowest BCUT2D eigenvalue weighted by atomic mass is 9.79. The summed E-state index contributed by atoms with van der Waals surface area (Å²) in [5.41, 5.74) is 0.479. The van der Waals surface area contributed by atoms with Gasteiger partial charge in [-0.25, -0.2) is 4.39 Å². The smallest absolute Gasteiger partial charge is 0.484 e. The lowest BCUT2D eigenvalue weighted by Gasteiger charge is -2.32. The Hall–Kier alpha value is -1.56. The van der Waals surface area contributed by atoms with Gasteiger partial charge in [-0.1, -0.05) is 41.9 Å². The minimum Gasteiger partial charge on any atom is -0.484 e. The molecule has 0 saturated carbocycles. The van der Waals surface area contributed by atoms with E-state index in [4.69, 9.17) is 25.6 Å². The van der Waals surface area contributed by atoms with Crippen molar-refractivity contribution in [3.8, 4) is 5.75 Å². The van der Waals surface area contributed by atoms with E-state index >= 15 is 0 Å². The summed E-state index contributed by atoms with van der Waals surface area (Å²) in [6.07, 6.45) is 0. The Bertz CT molecular complexity index is 726. The molecule has 6 heteroatoms. The third kappa shape index (κ3) is 3.69. The SMILES string of the molecule is CC1(C)OB(c2cc(F)c(OCc3ccccc3)c(Cl)c2)OC1(C)C. The van der Waals surface area contributed by atoms with Gasteiger partial charge in [-0.2, -0.15) is 0 Å². The zero-order chi connectivity index (χ0) is 18.2. The van der Waals surface area contributed by atoms with E-state index in [1.807, 2.05) is 58.0 Å². The van der Waals surface area contributed by atoms with Crippen molar-refractivity contribution in [3.63, 3.8) is 0 Å². The predicted molar refractivity (Wildman–Crippen MR) is 97.9 cm³/mol. The molecule has 0 aliphatic carbocycles. The van der Waals surface area contributed by atoms with Gasteiger partial charge in [-0.05, 0) is 50.9 Å². The quantitative estimate of drug-likeness (QED) is 0.757. The van der Waals surface area contributed by atoms with Crippen molar-refractivity contribution in [2.75, 3.05) is 0 Å². The third-order valence-corrected chi connectivity index (χ3v) is 5.05. The second-order valence-corrected chi connectivity index (χ2v) is 7.58. The number of hydrogen-bond acceptors (Lipinski definition) is 3. The van der Waals surface area contributed by atoms with Gasteiger partial charge in [0.1, 0.15) is 6.61 Å². The molecule has 1 heterocycles. The van der Waals surface area contributed by atoms with Crippen LogP contribution < -0.4 is 10.2 Å². The first-order valence-electron chi connectivity index (χ1n) is 8.21. The molecule has 0 unspecified atom stereocenters. The lowest BCUT2D eigenvalue weighted by Crippen LogP contribution is -2.41. The Balaban J connectivity index is 1.79. The van der Waals surface area contributed by atoms with Crippen LogP contribution in [-0.4, -0.2) is 18.3 Å². The largest absolute Gasteiger partial charge is 0.494 e. The molecule has 2 aromatic rings. The predicted octanol–water partition coefficient (Wildman–Crippen LogP) is 4.36. The highest BCUT2D eigenvalue weighted by atomic mass is 35.5. The molecule has 3 rings (SSSR count). The maximum Gasteiger partial charge on any atom is 0.494 e. The van der Waals surface area contributed by atoms with Gasteiger partial charge in [-0.3, -0.25) is 0 Å². The van der Waals surface area contributed by atoms with Crippen LogP contribution >= 0.6 is 11.6 Å². The molecule has 1 saturated heterocycles. The molecule has 1 fully saturated rings. The van der Waals surface area contributed by atoms with Gasteiger partial charge >= 0.3 is 7.12 Å². The van der Waals surface area contributed by atoms with Gasteiger partial charge < -0.3 is 14.0 Å². The van der Waals surface area contributed by atoms with Crippen LogP contribution in [0.4, 0.5) is 4.39 Å². The van der Waals surface area contributed by atoms with Gasteiger partial charge in [0.25, 0.3) is 0 Å². The fourth-order valence-corrected chi connectivity index (χ4v) is 2.83. The zero-order valence-corrected chi connectivity index (χ0v) is 15.6. The molecular formula is C19H21BClFO3. The van der Waals surface area contributed by atoms with Crippen molar-refractivity contribution in [2.45, 2.75) is 45.5 Å². The Labute approximate surface area is 153 Å². The summed E-state index contributed by atoms with van der Waals surface area (Å²) in [4.78, 5) is 0. The van der Waals surface area contributed by atoms with Gasteiger partial charge in [0.05, 0.1) is 16.2 Å². The fraction of sp³-hybridized carbons (Fsp3) is 0.368. The highest BCUT2D eigenvalue weighted by Gasteiger charge is 2.51. The minimum absolute atomic E-state index is 0.0331. The van der Waals surface area contributed by atoms with Crippen LogP contribution in [0.2, 0.25) is 5.02 Å². The lowest BCUT2D eigenvalue weighted by molar-refractivity contribution is 0.00578. The Morgan fingerprint density at radius 1 is 1.04 bits per heavy atom. The molecule has 0 spiro atoms. The molecule has 25 heavy (non-hydrogen) atoms. The van der Waals surface area contributed by atoms with E-state index in [1.54, 1.807) is 6.07 Å². The number of halogens is 2. The molecule has 1 aliphatic rings. The summed E-state index contributed by atoms with van der Waals surface area (Å²) in [6.45, 7) is 8.03. The standard InChI is InChI=1S/C19H21BClFO3/c1-18(2)19(3,4)25-20(24-18)14-10-15(21)17(16(22)11-14)23-12-13-8-6-5-7-9-13/h5-11H,12H2,1-4H3. The van der Waals surface area contributed by atoms with E-state index in [0.717, 1.165) is 5.56 Å². The Kier molecular flexibility index (Phi) is 4.84. The molecule has 0 amide bonds. The molecule has 3 nitrogen and oxygen atoms in total. The highest BCUT2D eigenvalue weighted by molar-refractivity contribution is 6.62. The summed E-state index contributed by atoms with van der Waals surface area (Å²) >= 11 is 6.25. The Morgan fingerprint density at radius 3 is 2.20 bits per heavy atom. The average Bonchev–Trinajstić information content (AvgIpc) is 2.75. The van der Waals surface area contributed by atoms with E-state index < -0.39 is 24.1 Å². The molecule has 0 aromatic heterocycles. The molecule has 0 bridgehead atoms. The molecule has 2 aromatic carbocycles. The van der Waals surface area contributed by atoms with Crippen LogP contribution in [0.25, 0.3) is 0 Å². The molecular weight excluding hydrogens is 341 g/mol. The minimum atomic E-state index is -0.667. The molecule has 132 valence electrons. The summed E-state index contributed by atoms with van der Waals surface area (Å²) in [6, 6.07) is 12.5. The van der Waals surface area contributed by atoms with Crippen molar-refractivity contribution in [2.24, 2.45) is 0 Å². The normalized spacial score (nSPS) is 18.4. The zero-order valence-electron chi connectivity index (χ0n) is 14.8. The molecule has 0 atom stereocenters. The number of rotatable bonds is 4. The first-order chi connectivity index (χ1) is 11.7. The number of ether oxygens (including phenoxy) is 1. The fourth-order valence-electron chi connectivity index (χ4n) is 2.56. The summed E-state index contributed by atoms with van der Waals surface area (Å²) in [5, 5.41) is 0.195. The maximum absolute atomic E-state index is 14.5. The van der Waals surface area contributed by atoms with E-state index in [1.165, 1.54) is 6.07 Å². The van der Waals surface area contributed by atoms with Gasteiger partial charge in [0.2, 0.25) is 0 Å². The van der Waals surface area contributed by atoms with E-state index in [0.29, 0.717) is 5.46 Å². The topological polar surface area (TPSA) is 27.7 Å². The van der Waals surface area contributed by atoms with E-state index in [9.17, 15) is 4.39 Å². The monoisotopic (exact) mass is 362 g/mol. The molecule has 1 aliphatic heterocycles. The number of hydrogen-bond donors (Lipinski definition) is 0. The van der Waals surface area contributed by atoms with Crippen LogP contribution in [-0.2, 0) is 15.9 Å². The molecule has 0 radical (unpaired) electrons. The second-order valence-electron chi connectivity index (χ2n) is 7.18. The van der Waals surface area contributed by atoms with Crippen LogP contribution in [0.1, 0.15) is 33.3 Å². The van der Waals surface area contributed by atoms with Crippen LogP contribution in [0.3, 0.4) is 0 Å². The van der Waals surface area contributed by atoms with Crippen molar-refractivity contribution in [3.05, 3.63) is 58.9 Å². The van der Waals surface area contributed by atoms with Gasteiger partial charge in [0.15, 0.2) is 11.6 Å². The van der Waals surface area contributed by atoms with Gasteiger partial charge in [-0.15, -0.1) is 0 Å². The van der Waals surface area contributed by atoms with Crippen molar-refractivity contribution < 1.29 is 18.4 Å². The van der Waals surface area contributed by atoms with Crippen LogP contribution in [0.5, 0.6) is 5.75 Å². The first kappa shape index (κ1) is 18.2. The summed E-state index contributed by atoms with van der Waals surface area (Å²) in [5.74, 6) is -0.501. The average molecular weight is 363 g/mol. The highest BCUT2D eigenvalue weighted by Crippen LogP contribution is 2.37. The Morgan fingerprint density at radius 2 is 1.64 bits per heavy atom. The van der Waals surface area contributed by atoms with Crippen LogP contribution in [0.15, 0.2) is 42.5 Å². The van der Waals surface area contributed by atoms with Crippen molar-refractivity contribution >= 4 is 24.2 Å². The van der Waals surface area contributed by atoms with Crippen LogP contribution in [0, 0.1) is 5.82 Å². The van der Waals surface area contributed by atoms with E-state index in [2.05, 4.69) is 0 Å². The summed E-state index contributed by atoms with van der Waals surface area (Å²) in [7, 11) is -0.667. The van der Waals surface area contributed by atoms with Crippen molar-refractivity contribution in [1.82, 2.24) is 0 Å².